The van der Waals surface area contributed by atoms with Crippen molar-refractivity contribution in [1.29, 1.82) is 0 Å². The van der Waals surface area contributed by atoms with Gasteiger partial charge in [0.2, 0.25) is 0 Å². The van der Waals surface area contributed by atoms with E-state index >= 15 is 0 Å². The number of hydrogen-bond acceptors (Lipinski definition) is 3. The van der Waals surface area contributed by atoms with Crippen molar-refractivity contribution in [2.45, 2.75) is 45.6 Å². The van der Waals surface area contributed by atoms with Gasteiger partial charge in [0.1, 0.15) is 5.75 Å². The molecule has 1 unspecified atom stereocenters. The molecule has 0 radical (unpaired) electrons. The predicted octanol–water partition coefficient (Wildman–Crippen LogP) is 2.57. The van der Waals surface area contributed by atoms with Crippen molar-refractivity contribution >= 4 is 5.91 Å². The maximum atomic E-state index is 12.3. The van der Waals surface area contributed by atoms with E-state index in [1.165, 1.54) is 5.56 Å². The molecular formula is C18H28N2O2. The first-order valence-electron chi connectivity index (χ1n) is 8.21. The highest BCUT2D eigenvalue weighted by atomic mass is 16.5. The molecule has 1 atom stereocenters. The Kier molecular flexibility index (Phi) is 5.46. The fourth-order valence-corrected chi connectivity index (χ4v) is 2.59. The molecule has 1 N–H and O–H groups in total. The Morgan fingerprint density at radius 2 is 1.86 bits per heavy atom. The molecule has 0 aromatic heterocycles. The van der Waals surface area contributed by atoms with Gasteiger partial charge in [-0.15, -0.1) is 0 Å². The molecule has 122 valence electrons. The van der Waals surface area contributed by atoms with Crippen molar-refractivity contribution in [1.82, 2.24) is 10.2 Å². The van der Waals surface area contributed by atoms with Crippen LogP contribution in [0.5, 0.6) is 5.75 Å². The molecule has 4 nitrogen and oxygen atoms in total. The number of nitrogens with one attached hydrogen (secondary N) is 1. The Morgan fingerprint density at radius 1 is 1.27 bits per heavy atom. The van der Waals surface area contributed by atoms with Crippen molar-refractivity contribution in [3.05, 3.63) is 29.8 Å². The van der Waals surface area contributed by atoms with E-state index in [1.54, 1.807) is 0 Å². The Labute approximate surface area is 133 Å². The zero-order valence-corrected chi connectivity index (χ0v) is 14.2. The molecule has 1 heterocycles. The van der Waals surface area contributed by atoms with E-state index in [4.69, 9.17) is 4.74 Å². The van der Waals surface area contributed by atoms with Gasteiger partial charge in [0.25, 0.3) is 5.91 Å². The molecule has 22 heavy (non-hydrogen) atoms. The van der Waals surface area contributed by atoms with Crippen molar-refractivity contribution in [3.8, 4) is 5.75 Å². The first kappa shape index (κ1) is 16.8. The number of rotatable bonds is 5. The maximum absolute atomic E-state index is 12.3. The van der Waals surface area contributed by atoms with Gasteiger partial charge < -0.3 is 15.0 Å². The van der Waals surface area contributed by atoms with Crippen LogP contribution >= 0.6 is 0 Å². The quantitative estimate of drug-likeness (QED) is 0.909. The number of nitrogens with zero attached hydrogens (tertiary/aromatic N) is 1. The summed E-state index contributed by atoms with van der Waals surface area (Å²) in [7, 11) is 0. The number of ether oxygens (including phenoxy) is 1. The number of benzene rings is 1. The van der Waals surface area contributed by atoms with Crippen LogP contribution in [0.3, 0.4) is 0 Å². The minimum atomic E-state index is -0.442. The van der Waals surface area contributed by atoms with E-state index in [1.807, 2.05) is 24.0 Å². The van der Waals surface area contributed by atoms with Crippen LogP contribution < -0.4 is 10.1 Å². The number of amides is 1. The van der Waals surface area contributed by atoms with Crippen molar-refractivity contribution in [2.24, 2.45) is 0 Å². The van der Waals surface area contributed by atoms with Gasteiger partial charge in [0, 0.05) is 26.2 Å². The molecule has 4 heteroatoms. The van der Waals surface area contributed by atoms with Gasteiger partial charge in [-0.3, -0.25) is 4.79 Å². The average molecular weight is 304 g/mol. The largest absolute Gasteiger partial charge is 0.481 e. The molecule has 1 amide bonds. The molecule has 1 aromatic carbocycles. The zero-order chi connectivity index (χ0) is 16.2. The van der Waals surface area contributed by atoms with Crippen LogP contribution in [0.15, 0.2) is 24.3 Å². The SMILES string of the molecule is CCC(C)(C)c1ccc(OC(C)C(=O)N2CCNCC2)cc1. The third-order valence-corrected chi connectivity index (χ3v) is 4.61. The second-order valence-electron chi connectivity index (χ2n) is 6.60. The lowest BCUT2D eigenvalue weighted by atomic mass is 9.82. The average Bonchev–Trinajstić information content (AvgIpc) is 2.55. The topological polar surface area (TPSA) is 41.6 Å². The Bertz CT molecular complexity index is 490. The molecule has 0 spiro atoms. The van der Waals surface area contributed by atoms with Gasteiger partial charge in [0.05, 0.1) is 0 Å². The normalized spacial score (nSPS) is 17.2. The van der Waals surface area contributed by atoms with Crippen LogP contribution in [0.25, 0.3) is 0 Å². The Balaban J connectivity index is 1.96. The standard InChI is InChI=1S/C18H28N2O2/c1-5-18(3,4)15-6-8-16(9-7-15)22-14(2)17(21)20-12-10-19-11-13-20/h6-9,14,19H,5,10-13H2,1-4H3. The molecule has 0 aliphatic carbocycles. The summed E-state index contributed by atoms with van der Waals surface area (Å²) < 4.78 is 5.82. The fourth-order valence-electron chi connectivity index (χ4n) is 2.59. The molecule has 1 saturated heterocycles. The van der Waals surface area contributed by atoms with Gasteiger partial charge >= 0.3 is 0 Å². The Hall–Kier alpha value is -1.55. The van der Waals surface area contributed by atoms with Crippen LogP contribution in [0.1, 0.15) is 39.7 Å². The second-order valence-corrected chi connectivity index (χ2v) is 6.60. The lowest BCUT2D eigenvalue weighted by Gasteiger charge is -2.30. The monoisotopic (exact) mass is 304 g/mol. The summed E-state index contributed by atoms with van der Waals surface area (Å²) in [5, 5.41) is 3.25. The van der Waals surface area contributed by atoms with Crippen LogP contribution in [-0.4, -0.2) is 43.1 Å². The van der Waals surface area contributed by atoms with Crippen LogP contribution in [-0.2, 0) is 10.2 Å². The Morgan fingerprint density at radius 3 is 2.41 bits per heavy atom. The summed E-state index contributed by atoms with van der Waals surface area (Å²) in [5.74, 6) is 0.825. The number of hydrogen-bond donors (Lipinski definition) is 1. The molecule has 0 bridgehead atoms. The minimum absolute atomic E-state index is 0.0689. The number of carbonyl (C=O) groups is 1. The molecule has 1 aliphatic rings. The highest BCUT2D eigenvalue weighted by Gasteiger charge is 2.23. The molecule has 1 aromatic rings. The van der Waals surface area contributed by atoms with E-state index in [0.717, 1.165) is 38.3 Å². The molecule has 1 aliphatic heterocycles. The molecule has 2 rings (SSSR count). The van der Waals surface area contributed by atoms with Crippen LogP contribution in [0.4, 0.5) is 0 Å². The van der Waals surface area contributed by atoms with Gasteiger partial charge in [-0.25, -0.2) is 0 Å². The van der Waals surface area contributed by atoms with E-state index in [9.17, 15) is 4.79 Å². The smallest absolute Gasteiger partial charge is 0.263 e. The summed E-state index contributed by atoms with van der Waals surface area (Å²) in [6.07, 6.45) is 0.647. The van der Waals surface area contributed by atoms with E-state index < -0.39 is 6.10 Å². The summed E-state index contributed by atoms with van der Waals surface area (Å²) in [5.41, 5.74) is 1.46. The lowest BCUT2D eigenvalue weighted by molar-refractivity contribution is -0.138. The third kappa shape index (κ3) is 4.01. The maximum Gasteiger partial charge on any atom is 0.263 e. The van der Waals surface area contributed by atoms with Crippen molar-refractivity contribution in [2.75, 3.05) is 26.2 Å². The highest BCUT2D eigenvalue weighted by molar-refractivity contribution is 5.81. The summed E-state index contributed by atoms with van der Waals surface area (Å²) >= 11 is 0. The number of carbonyl (C=O) groups excluding carboxylic acids is 1. The van der Waals surface area contributed by atoms with E-state index in [2.05, 4.69) is 38.2 Å². The first-order valence-corrected chi connectivity index (χ1v) is 8.21. The molecular weight excluding hydrogens is 276 g/mol. The zero-order valence-electron chi connectivity index (χ0n) is 14.2. The van der Waals surface area contributed by atoms with Gasteiger partial charge in [0.15, 0.2) is 6.10 Å². The third-order valence-electron chi connectivity index (χ3n) is 4.61. The van der Waals surface area contributed by atoms with Crippen LogP contribution in [0.2, 0.25) is 0 Å². The fraction of sp³-hybridized carbons (Fsp3) is 0.611. The van der Waals surface area contributed by atoms with Gasteiger partial charge in [-0.1, -0.05) is 32.9 Å². The minimum Gasteiger partial charge on any atom is -0.481 e. The van der Waals surface area contributed by atoms with Crippen molar-refractivity contribution in [3.63, 3.8) is 0 Å². The van der Waals surface area contributed by atoms with Crippen molar-refractivity contribution < 1.29 is 9.53 Å². The van der Waals surface area contributed by atoms with Crippen LogP contribution in [0, 0.1) is 0 Å². The summed E-state index contributed by atoms with van der Waals surface area (Å²) in [4.78, 5) is 14.2. The predicted molar refractivity (Wildman–Crippen MR) is 89.3 cm³/mol. The first-order chi connectivity index (χ1) is 10.4. The van der Waals surface area contributed by atoms with Gasteiger partial charge in [-0.05, 0) is 36.5 Å². The highest BCUT2D eigenvalue weighted by Crippen LogP contribution is 2.28. The molecule has 0 saturated carbocycles. The van der Waals surface area contributed by atoms with E-state index in [-0.39, 0.29) is 11.3 Å². The second kappa shape index (κ2) is 7.14. The summed E-state index contributed by atoms with van der Waals surface area (Å²) in [6.45, 7) is 11.7. The lowest BCUT2D eigenvalue weighted by Crippen LogP contribution is -2.50. The molecule has 1 fully saturated rings. The summed E-state index contributed by atoms with van der Waals surface area (Å²) in [6, 6.07) is 8.13. The van der Waals surface area contributed by atoms with Gasteiger partial charge in [-0.2, -0.15) is 0 Å². The van der Waals surface area contributed by atoms with E-state index in [0.29, 0.717) is 0 Å². The number of piperazine rings is 1.